The molecule has 1 aromatic carbocycles. The molecule has 1 amide bonds. The molecule has 0 spiro atoms. The maximum absolute atomic E-state index is 12.4. The van der Waals surface area contributed by atoms with E-state index in [4.69, 9.17) is 0 Å². The van der Waals surface area contributed by atoms with Gasteiger partial charge in [0.25, 0.3) is 0 Å². The molecule has 1 aromatic heterocycles. The van der Waals surface area contributed by atoms with E-state index >= 15 is 0 Å². The van der Waals surface area contributed by atoms with Crippen molar-refractivity contribution < 1.29 is 4.79 Å². The highest BCUT2D eigenvalue weighted by molar-refractivity contribution is 5.80. The lowest BCUT2D eigenvalue weighted by Gasteiger charge is -2.16. The van der Waals surface area contributed by atoms with Crippen molar-refractivity contribution >= 4 is 5.91 Å². The maximum Gasteiger partial charge on any atom is 0.245 e. The van der Waals surface area contributed by atoms with Crippen LogP contribution in [0.3, 0.4) is 0 Å². The molecular weight excluding hydrogens is 266 g/mol. The van der Waals surface area contributed by atoms with Gasteiger partial charge in [0, 0.05) is 13.0 Å². The van der Waals surface area contributed by atoms with Crippen molar-refractivity contribution in [2.75, 3.05) is 6.54 Å². The molecule has 6 nitrogen and oxygen atoms in total. The zero-order valence-corrected chi connectivity index (χ0v) is 12.4. The Balaban J connectivity index is 2.04. The summed E-state index contributed by atoms with van der Waals surface area (Å²) < 4.78 is 1.51. The molecule has 1 N–H and O–H groups in total. The molecule has 2 rings (SSSR count). The Hall–Kier alpha value is -2.24. The normalized spacial score (nSPS) is 12.3. The monoisotopic (exact) mass is 287 g/mol. The average Bonchev–Trinajstić information content (AvgIpc) is 2.99. The van der Waals surface area contributed by atoms with Gasteiger partial charge in [-0.15, -0.1) is 5.10 Å². The topological polar surface area (TPSA) is 72.7 Å². The van der Waals surface area contributed by atoms with E-state index in [1.54, 1.807) is 0 Å². The van der Waals surface area contributed by atoms with E-state index in [1.165, 1.54) is 11.0 Å². The summed E-state index contributed by atoms with van der Waals surface area (Å²) >= 11 is 0. The van der Waals surface area contributed by atoms with Crippen LogP contribution in [0, 0.1) is 5.92 Å². The van der Waals surface area contributed by atoms with E-state index in [2.05, 4.69) is 34.7 Å². The fourth-order valence-corrected chi connectivity index (χ4v) is 2.06. The summed E-state index contributed by atoms with van der Waals surface area (Å²) in [5.74, 6) is 0.512. The standard InChI is InChI=1S/C15H21N5O/c1-12(2)8-9-16-15(21)14(20-11-17-18-19-20)10-13-6-4-3-5-7-13/h3-7,11-12,14H,8-10H2,1-2H3,(H,16,21). The molecule has 0 saturated carbocycles. The summed E-state index contributed by atoms with van der Waals surface area (Å²) in [5, 5.41) is 14.1. The van der Waals surface area contributed by atoms with E-state index in [0.29, 0.717) is 18.9 Å². The first kappa shape index (κ1) is 15.2. The Labute approximate surface area is 124 Å². The molecule has 0 aliphatic carbocycles. The minimum atomic E-state index is -0.422. The third-order valence-electron chi connectivity index (χ3n) is 3.28. The molecule has 21 heavy (non-hydrogen) atoms. The Morgan fingerprint density at radius 3 is 2.67 bits per heavy atom. The van der Waals surface area contributed by atoms with Crippen LogP contribution < -0.4 is 5.32 Å². The lowest BCUT2D eigenvalue weighted by molar-refractivity contribution is -0.124. The second kappa shape index (κ2) is 7.52. The van der Waals surface area contributed by atoms with Crippen LogP contribution >= 0.6 is 0 Å². The smallest absolute Gasteiger partial charge is 0.245 e. The van der Waals surface area contributed by atoms with Gasteiger partial charge in [-0.25, -0.2) is 4.68 Å². The molecule has 1 heterocycles. The third kappa shape index (κ3) is 4.66. The Morgan fingerprint density at radius 1 is 1.29 bits per heavy atom. The molecule has 0 aliphatic heterocycles. The van der Waals surface area contributed by atoms with Crippen LogP contribution in [0.15, 0.2) is 36.7 Å². The first-order chi connectivity index (χ1) is 10.2. The summed E-state index contributed by atoms with van der Waals surface area (Å²) in [6, 6.07) is 9.45. The minimum absolute atomic E-state index is 0.0493. The van der Waals surface area contributed by atoms with Crippen LogP contribution in [0.1, 0.15) is 31.9 Å². The van der Waals surface area contributed by atoms with Crippen molar-refractivity contribution in [2.45, 2.75) is 32.7 Å². The average molecular weight is 287 g/mol. The van der Waals surface area contributed by atoms with Gasteiger partial charge in [0.2, 0.25) is 5.91 Å². The van der Waals surface area contributed by atoms with Crippen molar-refractivity contribution in [3.8, 4) is 0 Å². The molecular formula is C15H21N5O. The van der Waals surface area contributed by atoms with Crippen molar-refractivity contribution in [1.29, 1.82) is 0 Å². The highest BCUT2D eigenvalue weighted by Crippen LogP contribution is 2.13. The quantitative estimate of drug-likeness (QED) is 0.840. The Kier molecular flexibility index (Phi) is 5.43. The zero-order chi connectivity index (χ0) is 15.1. The summed E-state index contributed by atoms with van der Waals surface area (Å²) in [4.78, 5) is 12.4. The van der Waals surface area contributed by atoms with Crippen LogP contribution in [-0.2, 0) is 11.2 Å². The van der Waals surface area contributed by atoms with Crippen molar-refractivity contribution in [1.82, 2.24) is 25.5 Å². The van der Waals surface area contributed by atoms with Gasteiger partial charge >= 0.3 is 0 Å². The van der Waals surface area contributed by atoms with E-state index < -0.39 is 6.04 Å². The number of nitrogens with one attached hydrogen (secondary N) is 1. The van der Waals surface area contributed by atoms with Gasteiger partial charge in [0.1, 0.15) is 12.4 Å². The van der Waals surface area contributed by atoms with Crippen LogP contribution in [0.2, 0.25) is 0 Å². The van der Waals surface area contributed by atoms with E-state index in [-0.39, 0.29) is 5.91 Å². The zero-order valence-electron chi connectivity index (χ0n) is 12.4. The number of hydrogen-bond donors (Lipinski definition) is 1. The minimum Gasteiger partial charge on any atom is -0.354 e. The van der Waals surface area contributed by atoms with Gasteiger partial charge in [-0.1, -0.05) is 44.2 Å². The highest BCUT2D eigenvalue weighted by Gasteiger charge is 2.21. The van der Waals surface area contributed by atoms with Gasteiger partial charge in [0.05, 0.1) is 0 Å². The number of carbonyl (C=O) groups is 1. The number of hydrogen-bond acceptors (Lipinski definition) is 4. The fraction of sp³-hybridized carbons (Fsp3) is 0.467. The van der Waals surface area contributed by atoms with Crippen LogP contribution in [-0.4, -0.2) is 32.7 Å². The summed E-state index contributed by atoms with van der Waals surface area (Å²) in [7, 11) is 0. The maximum atomic E-state index is 12.4. The number of tetrazole rings is 1. The van der Waals surface area contributed by atoms with Crippen LogP contribution in [0.25, 0.3) is 0 Å². The number of amides is 1. The number of carbonyl (C=O) groups excluding carboxylic acids is 1. The molecule has 0 saturated heterocycles. The lowest BCUT2D eigenvalue weighted by atomic mass is 10.1. The van der Waals surface area contributed by atoms with E-state index in [1.807, 2.05) is 30.3 Å². The van der Waals surface area contributed by atoms with Gasteiger partial charge in [0.15, 0.2) is 0 Å². The van der Waals surface area contributed by atoms with Gasteiger partial charge in [-0.2, -0.15) is 0 Å². The van der Waals surface area contributed by atoms with Crippen LogP contribution in [0.5, 0.6) is 0 Å². The number of nitrogens with zero attached hydrogens (tertiary/aromatic N) is 4. The molecule has 0 bridgehead atoms. The molecule has 0 aliphatic rings. The number of benzene rings is 1. The lowest BCUT2D eigenvalue weighted by Crippen LogP contribution is -2.35. The molecule has 0 fully saturated rings. The fourth-order valence-electron chi connectivity index (χ4n) is 2.06. The molecule has 1 atom stereocenters. The first-order valence-corrected chi connectivity index (χ1v) is 7.21. The largest absolute Gasteiger partial charge is 0.354 e. The number of aromatic nitrogens is 4. The molecule has 6 heteroatoms. The molecule has 112 valence electrons. The molecule has 1 unspecified atom stereocenters. The van der Waals surface area contributed by atoms with Gasteiger partial charge in [-0.05, 0) is 28.3 Å². The number of rotatable bonds is 7. The van der Waals surface area contributed by atoms with Crippen molar-refractivity contribution in [3.05, 3.63) is 42.2 Å². The third-order valence-corrected chi connectivity index (χ3v) is 3.28. The summed E-state index contributed by atoms with van der Waals surface area (Å²) in [6.45, 7) is 4.94. The Bertz CT molecular complexity index is 538. The SMILES string of the molecule is CC(C)CCNC(=O)C(Cc1ccccc1)n1cnnn1. The second-order valence-corrected chi connectivity index (χ2v) is 5.47. The Morgan fingerprint density at radius 2 is 2.05 bits per heavy atom. The first-order valence-electron chi connectivity index (χ1n) is 7.21. The van der Waals surface area contributed by atoms with Crippen molar-refractivity contribution in [2.24, 2.45) is 5.92 Å². The van der Waals surface area contributed by atoms with Crippen LogP contribution in [0.4, 0.5) is 0 Å². The summed E-state index contributed by atoms with van der Waals surface area (Å²) in [5.41, 5.74) is 1.08. The van der Waals surface area contributed by atoms with Crippen molar-refractivity contribution in [3.63, 3.8) is 0 Å². The second-order valence-electron chi connectivity index (χ2n) is 5.47. The highest BCUT2D eigenvalue weighted by atomic mass is 16.2. The van der Waals surface area contributed by atoms with Gasteiger partial charge < -0.3 is 5.32 Å². The van der Waals surface area contributed by atoms with E-state index in [0.717, 1.165) is 12.0 Å². The molecule has 0 radical (unpaired) electrons. The van der Waals surface area contributed by atoms with Gasteiger partial charge in [-0.3, -0.25) is 4.79 Å². The summed E-state index contributed by atoms with van der Waals surface area (Å²) in [6.07, 6.45) is 3.01. The predicted octanol–water partition coefficient (Wildman–Crippen LogP) is 1.62. The predicted molar refractivity (Wildman–Crippen MR) is 79.5 cm³/mol. The van der Waals surface area contributed by atoms with E-state index in [9.17, 15) is 4.79 Å². The molecule has 2 aromatic rings.